The summed E-state index contributed by atoms with van der Waals surface area (Å²) in [4.78, 5) is 5.73. The maximum atomic E-state index is 10.1. The predicted molar refractivity (Wildman–Crippen MR) is 58.5 cm³/mol. The first kappa shape index (κ1) is 10.1. The lowest BCUT2D eigenvalue weighted by Gasteiger charge is -2.29. The molecular weight excluding hydrogens is 194 g/mol. The molecule has 0 amide bonds. The fourth-order valence-corrected chi connectivity index (χ4v) is 3.24. The molecule has 0 aliphatic heterocycles. The van der Waals surface area contributed by atoms with E-state index in [-0.39, 0.29) is 6.10 Å². The zero-order valence-corrected chi connectivity index (χ0v) is 9.77. The van der Waals surface area contributed by atoms with Crippen LogP contribution in [-0.2, 0) is 6.42 Å². The molecule has 0 spiro atoms. The molecule has 0 saturated carbocycles. The summed E-state index contributed by atoms with van der Waals surface area (Å²) in [6, 6.07) is 0. The van der Waals surface area contributed by atoms with Crippen molar-refractivity contribution in [1.29, 1.82) is 0 Å². The number of rotatable bonds is 1. The van der Waals surface area contributed by atoms with Crippen molar-refractivity contribution >= 4 is 11.3 Å². The molecule has 1 aromatic heterocycles. The number of aryl methyl sites for hydroxylation is 2. The molecule has 0 bridgehead atoms. The van der Waals surface area contributed by atoms with Gasteiger partial charge in [-0.15, -0.1) is 11.3 Å². The Hall–Kier alpha value is -0.410. The molecule has 2 unspecified atom stereocenters. The minimum Gasteiger partial charge on any atom is -0.386 e. The number of hydrogen-bond acceptors (Lipinski definition) is 3. The minimum absolute atomic E-state index is 0.330. The predicted octanol–water partition coefficient (Wildman–Crippen LogP) is 2.70. The Labute approximate surface area is 89.0 Å². The number of nitrogens with zero attached hydrogens (tertiary/aromatic N) is 1. The number of aromatic nitrogens is 1. The molecule has 14 heavy (non-hydrogen) atoms. The Morgan fingerprint density at radius 2 is 2.21 bits per heavy atom. The number of aliphatic hydroxyl groups is 1. The molecule has 0 fully saturated rings. The summed E-state index contributed by atoms with van der Waals surface area (Å²) < 4.78 is 0. The molecule has 1 aliphatic rings. The molecule has 3 heteroatoms. The molecule has 0 saturated heterocycles. The van der Waals surface area contributed by atoms with E-state index in [1.807, 2.05) is 6.92 Å². The lowest BCUT2D eigenvalue weighted by atomic mass is 9.80. The van der Waals surface area contributed by atoms with Crippen molar-refractivity contribution in [2.45, 2.75) is 39.7 Å². The van der Waals surface area contributed by atoms with Crippen LogP contribution in [-0.4, -0.2) is 10.1 Å². The van der Waals surface area contributed by atoms with E-state index in [1.165, 1.54) is 4.88 Å². The first-order chi connectivity index (χ1) is 6.59. The highest BCUT2D eigenvalue weighted by Gasteiger charge is 2.32. The molecule has 1 heterocycles. The third-order valence-electron chi connectivity index (χ3n) is 3.08. The van der Waals surface area contributed by atoms with Gasteiger partial charge in [-0.2, -0.15) is 0 Å². The maximum absolute atomic E-state index is 10.1. The summed E-state index contributed by atoms with van der Waals surface area (Å²) in [5.74, 6) is 0.934. The fraction of sp³-hybridized carbons (Fsp3) is 0.727. The second-order valence-electron chi connectivity index (χ2n) is 4.43. The Morgan fingerprint density at radius 3 is 2.86 bits per heavy atom. The number of thiazole rings is 1. The molecule has 1 aromatic rings. The molecule has 0 aromatic carbocycles. The van der Waals surface area contributed by atoms with Crippen molar-refractivity contribution in [3.05, 3.63) is 15.6 Å². The highest BCUT2D eigenvalue weighted by atomic mass is 32.1. The second kappa shape index (κ2) is 3.63. The molecule has 78 valence electrons. The zero-order chi connectivity index (χ0) is 10.3. The first-order valence-electron chi connectivity index (χ1n) is 5.24. The molecule has 2 nitrogen and oxygen atoms in total. The smallest absolute Gasteiger partial charge is 0.100 e. The summed E-state index contributed by atoms with van der Waals surface area (Å²) in [5, 5.41) is 11.2. The average molecular weight is 211 g/mol. The van der Waals surface area contributed by atoms with Crippen molar-refractivity contribution in [1.82, 2.24) is 4.98 Å². The van der Waals surface area contributed by atoms with E-state index in [1.54, 1.807) is 11.3 Å². The van der Waals surface area contributed by atoms with Gasteiger partial charge in [0.1, 0.15) is 6.10 Å². The van der Waals surface area contributed by atoms with Gasteiger partial charge in [-0.3, -0.25) is 0 Å². The first-order valence-corrected chi connectivity index (χ1v) is 6.05. The van der Waals surface area contributed by atoms with Crippen LogP contribution in [0, 0.1) is 18.8 Å². The van der Waals surface area contributed by atoms with Gasteiger partial charge in [-0.05, 0) is 31.6 Å². The van der Waals surface area contributed by atoms with Gasteiger partial charge in [0.15, 0.2) is 0 Å². The summed E-state index contributed by atoms with van der Waals surface area (Å²) >= 11 is 1.74. The third kappa shape index (κ3) is 1.59. The van der Waals surface area contributed by atoms with E-state index in [2.05, 4.69) is 18.8 Å². The van der Waals surface area contributed by atoms with Crippen LogP contribution in [0.2, 0.25) is 0 Å². The Balaban J connectivity index is 2.31. The van der Waals surface area contributed by atoms with E-state index in [0.29, 0.717) is 11.8 Å². The van der Waals surface area contributed by atoms with Gasteiger partial charge in [-0.1, -0.05) is 13.8 Å². The Morgan fingerprint density at radius 1 is 1.50 bits per heavy atom. The SMILES string of the molecule is Cc1nc2c(s1)CCC(C(C)C)C2O. The van der Waals surface area contributed by atoms with Crippen LogP contribution in [0.15, 0.2) is 0 Å². The molecule has 1 aliphatic carbocycles. The lowest BCUT2D eigenvalue weighted by molar-refractivity contribution is 0.0641. The van der Waals surface area contributed by atoms with Crippen LogP contribution < -0.4 is 0 Å². The Bertz CT molecular complexity index is 332. The number of aliphatic hydroxyl groups excluding tert-OH is 1. The fourth-order valence-electron chi connectivity index (χ4n) is 2.25. The van der Waals surface area contributed by atoms with Crippen molar-refractivity contribution < 1.29 is 5.11 Å². The monoisotopic (exact) mass is 211 g/mol. The van der Waals surface area contributed by atoms with Crippen LogP contribution in [0.1, 0.15) is 42.0 Å². The largest absolute Gasteiger partial charge is 0.386 e. The van der Waals surface area contributed by atoms with Crippen molar-refractivity contribution in [3.8, 4) is 0 Å². The molecule has 2 rings (SSSR count). The van der Waals surface area contributed by atoms with E-state index in [4.69, 9.17) is 0 Å². The van der Waals surface area contributed by atoms with Crippen LogP contribution in [0.3, 0.4) is 0 Å². The van der Waals surface area contributed by atoms with Gasteiger partial charge in [0.25, 0.3) is 0 Å². The Kier molecular flexibility index (Phi) is 2.62. The molecule has 0 radical (unpaired) electrons. The summed E-state index contributed by atoms with van der Waals surface area (Å²) in [7, 11) is 0. The lowest BCUT2D eigenvalue weighted by Crippen LogP contribution is -2.24. The summed E-state index contributed by atoms with van der Waals surface area (Å²) in [5.41, 5.74) is 0.956. The molecule has 2 atom stereocenters. The van der Waals surface area contributed by atoms with Crippen molar-refractivity contribution in [3.63, 3.8) is 0 Å². The van der Waals surface area contributed by atoms with Crippen LogP contribution in [0.5, 0.6) is 0 Å². The van der Waals surface area contributed by atoms with Gasteiger partial charge in [-0.25, -0.2) is 4.98 Å². The van der Waals surface area contributed by atoms with Gasteiger partial charge in [0.2, 0.25) is 0 Å². The van der Waals surface area contributed by atoms with Crippen LogP contribution in [0.25, 0.3) is 0 Å². The summed E-state index contributed by atoms with van der Waals surface area (Å²) in [6.45, 7) is 6.37. The van der Waals surface area contributed by atoms with Gasteiger partial charge >= 0.3 is 0 Å². The van der Waals surface area contributed by atoms with E-state index in [0.717, 1.165) is 23.5 Å². The van der Waals surface area contributed by atoms with Crippen molar-refractivity contribution in [2.75, 3.05) is 0 Å². The van der Waals surface area contributed by atoms with Gasteiger partial charge in [0.05, 0.1) is 10.7 Å². The van der Waals surface area contributed by atoms with E-state index < -0.39 is 0 Å². The highest BCUT2D eigenvalue weighted by molar-refractivity contribution is 7.11. The standard InChI is InChI=1S/C11H17NOS/c1-6(2)8-4-5-9-10(11(8)13)12-7(3)14-9/h6,8,11,13H,4-5H2,1-3H3. The number of hydrogen-bond donors (Lipinski definition) is 1. The maximum Gasteiger partial charge on any atom is 0.100 e. The van der Waals surface area contributed by atoms with Gasteiger partial charge in [0, 0.05) is 4.88 Å². The highest BCUT2D eigenvalue weighted by Crippen LogP contribution is 2.39. The van der Waals surface area contributed by atoms with Crippen LogP contribution in [0.4, 0.5) is 0 Å². The van der Waals surface area contributed by atoms with E-state index in [9.17, 15) is 5.11 Å². The van der Waals surface area contributed by atoms with Crippen molar-refractivity contribution in [2.24, 2.45) is 11.8 Å². The normalized spacial score (nSPS) is 26.6. The van der Waals surface area contributed by atoms with Gasteiger partial charge < -0.3 is 5.11 Å². The topological polar surface area (TPSA) is 33.1 Å². The third-order valence-corrected chi connectivity index (χ3v) is 4.13. The zero-order valence-electron chi connectivity index (χ0n) is 8.95. The quantitative estimate of drug-likeness (QED) is 0.774. The molecular formula is C11H17NOS. The average Bonchev–Trinajstić information content (AvgIpc) is 2.46. The number of fused-ring (bicyclic) bond motifs is 1. The minimum atomic E-state index is -0.330. The summed E-state index contributed by atoms with van der Waals surface area (Å²) in [6.07, 6.45) is 1.87. The van der Waals surface area contributed by atoms with E-state index >= 15 is 0 Å². The van der Waals surface area contributed by atoms with Crippen LogP contribution >= 0.6 is 11.3 Å². The molecule has 1 N–H and O–H groups in total. The second-order valence-corrected chi connectivity index (χ2v) is 5.72.